The van der Waals surface area contributed by atoms with Crippen LogP contribution in [-0.4, -0.2) is 17.2 Å². The molecule has 3 nitrogen and oxygen atoms in total. The lowest BCUT2D eigenvalue weighted by atomic mass is 10.0. The van der Waals surface area contributed by atoms with Gasteiger partial charge in [-0.15, -0.1) is 0 Å². The largest absolute Gasteiger partial charge is 0.491 e. The number of carboxylic acid groups (broad SMARTS) is 1. The van der Waals surface area contributed by atoms with E-state index in [2.05, 4.69) is 0 Å². The number of benzene rings is 1. The van der Waals surface area contributed by atoms with Crippen LogP contribution in [-0.2, 0) is 6.42 Å². The summed E-state index contributed by atoms with van der Waals surface area (Å²) < 4.78 is 5.63. The summed E-state index contributed by atoms with van der Waals surface area (Å²) in [7, 11) is 0. The second kappa shape index (κ2) is 5.54. The van der Waals surface area contributed by atoms with Gasteiger partial charge in [0.15, 0.2) is 0 Å². The minimum absolute atomic E-state index is 0.0552. The standard InChI is InChI=1S/C13H18O3/c1-4-6-10-11(13(14)15)7-5-8-12(10)16-9(2)3/h5,7-9H,4,6H2,1-3H3,(H,14,15). The third-order valence-electron chi connectivity index (χ3n) is 2.23. The molecule has 0 aliphatic heterocycles. The molecular weight excluding hydrogens is 204 g/mol. The number of rotatable bonds is 5. The molecule has 1 aromatic rings. The summed E-state index contributed by atoms with van der Waals surface area (Å²) in [6.45, 7) is 5.89. The maximum atomic E-state index is 11.1. The first-order chi connectivity index (χ1) is 7.56. The highest BCUT2D eigenvalue weighted by Crippen LogP contribution is 2.25. The molecule has 0 saturated heterocycles. The van der Waals surface area contributed by atoms with Crippen LogP contribution in [0.3, 0.4) is 0 Å². The van der Waals surface area contributed by atoms with E-state index in [4.69, 9.17) is 9.84 Å². The van der Waals surface area contributed by atoms with E-state index in [1.165, 1.54) is 0 Å². The molecule has 0 unspecified atom stereocenters. The molecule has 1 rings (SSSR count). The summed E-state index contributed by atoms with van der Waals surface area (Å²) in [5, 5.41) is 9.10. The average Bonchev–Trinajstić information content (AvgIpc) is 2.19. The molecule has 0 spiro atoms. The Labute approximate surface area is 96.1 Å². The van der Waals surface area contributed by atoms with Gasteiger partial charge in [-0.3, -0.25) is 0 Å². The molecule has 0 atom stereocenters. The Hall–Kier alpha value is -1.51. The van der Waals surface area contributed by atoms with Crippen LogP contribution in [0.2, 0.25) is 0 Å². The van der Waals surface area contributed by atoms with Gasteiger partial charge in [-0.1, -0.05) is 19.4 Å². The van der Waals surface area contributed by atoms with E-state index in [1.807, 2.05) is 26.8 Å². The summed E-state index contributed by atoms with van der Waals surface area (Å²) >= 11 is 0. The van der Waals surface area contributed by atoms with E-state index >= 15 is 0 Å². The van der Waals surface area contributed by atoms with Crippen molar-refractivity contribution in [2.45, 2.75) is 39.7 Å². The van der Waals surface area contributed by atoms with Gasteiger partial charge in [0.25, 0.3) is 0 Å². The van der Waals surface area contributed by atoms with Gasteiger partial charge in [0.2, 0.25) is 0 Å². The number of carboxylic acids is 1. The molecule has 16 heavy (non-hydrogen) atoms. The third kappa shape index (κ3) is 2.99. The molecule has 0 fully saturated rings. The predicted molar refractivity (Wildman–Crippen MR) is 63.2 cm³/mol. The molecule has 0 saturated carbocycles. The van der Waals surface area contributed by atoms with Crippen molar-refractivity contribution in [2.24, 2.45) is 0 Å². The highest BCUT2D eigenvalue weighted by molar-refractivity contribution is 5.90. The Balaban J connectivity index is 3.15. The van der Waals surface area contributed by atoms with Crippen LogP contribution in [0.5, 0.6) is 5.75 Å². The molecule has 1 aromatic carbocycles. The fraction of sp³-hybridized carbons (Fsp3) is 0.462. The summed E-state index contributed by atoms with van der Waals surface area (Å²) in [6.07, 6.45) is 1.68. The van der Waals surface area contributed by atoms with Crippen molar-refractivity contribution in [3.05, 3.63) is 29.3 Å². The molecule has 3 heteroatoms. The van der Waals surface area contributed by atoms with E-state index < -0.39 is 5.97 Å². The molecule has 0 radical (unpaired) electrons. The molecule has 0 aliphatic rings. The van der Waals surface area contributed by atoms with Crippen LogP contribution in [0.15, 0.2) is 18.2 Å². The second-order valence-corrected chi connectivity index (χ2v) is 4.00. The molecular formula is C13H18O3. The lowest BCUT2D eigenvalue weighted by Crippen LogP contribution is -2.10. The van der Waals surface area contributed by atoms with Gasteiger partial charge in [-0.25, -0.2) is 4.79 Å². The van der Waals surface area contributed by atoms with Crippen molar-refractivity contribution in [3.63, 3.8) is 0 Å². The van der Waals surface area contributed by atoms with E-state index in [0.717, 1.165) is 18.4 Å². The highest BCUT2D eigenvalue weighted by Gasteiger charge is 2.14. The maximum Gasteiger partial charge on any atom is 0.336 e. The first-order valence-corrected chi connectivity index (χ1v) is 5.58. The first kappa shape index (κ1) is 12.6. The average molecular weight is 222 g/mol. The summed E-state index contributed by atoms with van der Waals surface area (Å²) in [5.74, 6) is -0.200. The summed E-state index contributed by atoms with van der Waals surface area (Å²) in [6, 6.07) is 5.18. The lowest BCUT2D eigenvalue weighted by molar-refractivity contribution is 0.0694. The predicted octanol–water partition coefficient (Wildman–Crippen LogP) is 3.12. The van der Waals surface area contributed by atoms with Gasteiger partial charge >= 0.3 is 5.97 Å². The summed E-state index contributed by atoms with van der Waals surface area (Å²) in [5.41, 5.74) is 1.14. The normalized spacial score (nSPS) is 10.5. The van der Waals surface area contributed by atoms with Crippen molar-refractivity contribution >= 4 is 5.97 Å². The number of aromatic carboxylic acids is 1. The minimum Gasteiger partial charge on any atom is -0.491 e. The smallest absolute Gasteiger partial charge is 0.336 e. The van der Waals surface area contributed by atoms with E-state index in [0.29, 0.717) is 11.3 Å². The SMILES string of the molecule is CCCc1c(OC(C)C)cccc1C(=O)O. The fourth-order valence-corrected chi connectivity index (χ4v) is 1.64. The quantitative estimate of drug-likeness (QED) is 0.832. The van der Waals surface area contributed by atoms with Crippen LogP contribution in [0.1, 0.15) is 43.1 Å². The Morgan fingerprint density at radius 3 is 2.62 bits per heavy atom. The van der Waals surface area contributed by atoms with Crippen LogP contribution >= 0.6 is 0 Å². The van der Waals surface area contributed by atoms with Gasteiger partial charge in [0.05, 0.1) is 11.7 Å². The van der Waals surface area contributed by atoms with Crippen molar-refractivity contribution in [3.8, 4) is 5.75 Å². The Morgan fingerprint density at radius 2 is 2.12 bits per heavy atom. The third-order valence-corrected chi connectivity index (χ3v) is 2.23. The highest BCUT2D eigenvalue weighted by atomic mass is 16.5. The van der Waals surface area contributed by atoms with Crippen LogP contribution in [0.25, 0.3) is 0 Å². The van der Waals surface area contributed by atoms with E-state index in [-0.39, 0.29) is 6.10 Å². The van der Waals surface area contributed by atoms with Crippen LogP contribution < -0.4 is 4.74 Å². The maximum absolute atomic E-state index is 11.1. The topological polar surface area (TPSA) is 46.5 Å². The van der Waals surface area contributed by atoms with Crippen LogP contribution in [0, 0.1) is 0 Å². The summed E-state index contributed by atoms with van der Waals surface area (Å²) in [4.78, 5) is 11.1. The number of hydrogen-bond donors (Lipinski definition) is 1. The first-order valence-electron chi connectivity index (χ1n) is 5.58. The van der Waals surface area contributed by atoms with Gasteiger partial charge in [0.1, 0.15) is 5.75 Å². The molecule has 1 N–H and O–H groups in total. The second-order valence-electron chi connectivity index (χ2n) is 4.00. The monoisotopic (exact) mass is 222 g/mol. The van der Waals surface area contributed by atoms with E-state index in [1.54, 1.807) is 12.1 Å². The van der Waals surface area contributed by atoms with Gasteiger partial charge < -0.3 is 9.84 Å². The Morgan fingerprint density at radius 1 is 1.44 bits per heavy atom. The zero-order chi connectivity index (χ0) is 12.1. The molecule has 0 aromatic heterocycles. The molecule has 0 heterocycles. The molecule has 88 valence electrons. The van der Waals surface area contributed by atoms with Crippen molar-refractivity contribution < 1.29 is 14.6 Å². The van der Waals surface area contributed by atoms with Crippen molar-refractivity contribution in [2.75, 3.05) is 0 Å². The van der Waals surface area contributed by atoms with Gasteiger partial charge in [0, 0.05) is 5.56 Å². The zero-order valence-corrected chi connectivity index (χ0v) is 9.99. The molecule has 0 amide bonds. The Bertz CT molecular complexity index is 369. The van der Waals surface area contributed by atoms with Crippen LogP contribution in [0.4, 0.5) is 0 Å². The number of carbonyl (C=O) groups is 1. The lowest BCUT2D eigenvalue weighted by Gasteiger charge is -2.15. The minimum atomic E-state index is -0.891. The van der Waals surface area contributed by atoms with Gasteiger partial charge in [-0.05, 0) is 32.4 Å². The fourth-order valence-electron chi connectivity index (χ4n) is 1.64. The molecule has 0 aliphatic carbocycles. The van der Waals surface area contributed by atoms with E-state index in [9.17, 15) is 4.79 Å². The Kier molecular flexibility index (Phi) is 4.35. The van der Waals surface area contributed by atoms with Crippen molar-refractivity contribution in [1.29, 1.82) is 0 Å². The zero-order valence-electron chi connectivity index (χ0n) is 9.99. The molecule has 0 bridgehead atoms. The van der Waals surface area contributed by atoms with Gasteiger partial charge in [-0.2, -0.15) is 0 Å². The number of ether oxygens (including phenoxy) is 1. The number of hydrogen-bond acceptors (Lipinski definition) is 2. The van der Waals surface area contributed by atoms with Crippen molar-refractivity contribution in [1.82, 2.24) is 0 Å².